The van der Waals surface area contributed by atoms with Gasteiger partial charge in [0.15, 0.2) is 6.29 Å². The van der Waals surface area contributed by atoms with Crippen molar-refractivity contribution >= 4 is 0 Å². The van der Waals surface area contributed by atoms with E-state index in [2.05, 4.69) is 6.92 Å². The minimum atomic E-state index is -1.10. The molecule has 0 radical (unpaired) electrons. The lowest BCUT2D eigenvalue weighted by atomic mass is 10.0. The summed E-state index contributed by atoms with van der Waals surface area (Å²) in [4.78, 5) is 0. The minimum Gasteiger partial charge on any atom is -0.368 e. The smallest absolute Gasteiger partial charge is 0.151 e. The fraction of sp³-hybridized carbons (Fsp3) is 1.00. The van der Waals surface area contributed by atoms with E-state index in [4.69, 9.17) is 10.2 Å². The van der Waals surface area contributed by atoms with Gasteiger partial charge in [-0.1, -0.05) is 58.3 Å². The van der Waals surface area contributed by atoms with Gasteiger partial charge in [0.25, 0.3) is 0 Å². The average molecular weight is 202 g/mol. The van der Waals surface area contributed by atoms with Crippen LogP contribution in [-0.2, 0) is 0 Å². The normalized spacial score (nSPS) is 16.3. The van der Waals surface area contributed by atoms with Gasteiger partial charge in [-0.3, -0.25) is 0 Å². The Morgan fingerprint density at radius 1 is 0.857 bits per heavy atom. The largest absolute Gasteiger partial charge is 0.368 e. The van der Waals surface area contributed by atoms with Crippen molar-refractivity contribution in [2.45, 2.75) is 77.4 Å². The molecule has 0 saturated heterocycles. The van der Waals surface area contributed by atoms with Crippen molar-refractivity contribution in [1.82, 2.24) is 0 Å². The van der Waals surface area contributed by atoms with Crippen molar-refractivity contribution in [3.8, 4) is 0 Å². The maximum Gasteiger partial charge on any atom is 0.151 e. The lowest BCUT2D eigenvalue weighted by molar-refractivity contribution is -0.0465. The van der Waals surface area contributed by atoms with E-state index in [9.17, 15) is 0 Å². The second-order valence-corrected chi connectivity index (χ2v) is 4.10. The van der Waals surface area contributed by atoms with Crippen molar-refractivity contribution in [2.75, 3.05) is 0 Å². The molecule has 86 valence electrons. The Morgan fingerprint density at radius 3 is 1.57 bits per heavy atom. The van der Waals surface area contributed by atoms with Gasteiger partial charge in [0.1, 0.15) is 0 Å². The Kier molecular flexibility index (Phi) is 10.9. The summed E-state index contributed by atoms with van der Waals surface area (Å²) in [5.41, 5.74) is 0. The van der Waals surface area contributed by atoms with E-state index >= 15 is 0 Å². The molecule has 0 aromatic carbocycles. The van der Waals surface area contributed by atoms with E-state index in [0.29, 0.717) is 6.42 Å². The zero-order valence-corrected chi connectivity index (χ0v) is 9.54. The van der Waals surface area contributed by atoms with Gasteiger partial charge in [-0.25, -0.2) is 0 Å². The Hall–Kier alpha value is -0.0800. The third-order valence-corrected chi connectivity index (χ3v) is 2.57. The van der Waals surface area contributed by atoms with Crippen LogP contribution in [0.2, 0.25) is 0 Å². The first kappa shape index (κ1) is 13.9. The third-order valence-electron chi connectivity index (χ3n) is 2.57. The number of hydrogen-bond donors (Lipinski definition) is 2. The van der Waals surface area contributed by atoms with Crippen LogP contribution in [0.1, 0.15) is 71.1 Å². The summed E-state index contributed by atoms with van der Waals surface area (Å²) < 4.78 is 0. The molecule has 0 amide bonds. The summed E-state index contributed by atoms with van der Waals surface area (Å²) in [6.45, 7) is 2.09. The molecule has 1 fully saturated rings. The third kappa shape index (κ3) is 11.9. The van der Waals surface area contributed by atoms with E-state index in [1.54, 1.807) is 0 Å². The van der Waals surface area contributed by atoms with E-state index in [1.165, 1.54) is 38.5 Å². The van der Waals surface area contributed by atoms with Gasteiger partial charge in [0.2, 0.25) is 0 Å². The van der Waals surface area contributed by atoms with Crippen molar-refractivity contribution in [2.24, 2.45) is 0 Å². The first-order valence-electron chi connectivity index (χ1n) is 6.13. The second kappa shape index (κ2) is 11.0. The zero-order chi connectivity index (χ0) is 10.6. The second-order valence-electron chi connectivity index (χ2n) is 4.10. The lowest BCUT2D eigenvalue weighted by Gasteiger charge is -2.05. The first-order chi connectivity index (χ1) is 6.77. The van der Waals surface area contributed by atoms with Gasteiger partial charge in [0, 0.05) is 0 Å². The lowest BCUT2D eigenvalue weighted by Crippen LogP contribution is -2.02. The molecule has 0 aromatic heterocycles. The van der Waals surface area contributed by atoms with Gasteiger partial charge in [0.05, 0.1) is 0 Å². The molecule has 2 nitrogen and oxygen atoms in total. The van der Waals surface area contributed by atoms with Gasteiger partial charge >= 0.3 is 0 Å². The molecule has 1 saturated carbocycles. The van der Waals surface area contributed by atoms with Gasteiger partial charge in [-0.15, -0.1) is 0 Å². The van der Waals surface area contributed by atoms with Gasteiger partial charge in [-0.2, -0.15) is 0 Å². The summed E-state index contributed by atoms with van der Waals surface area (Å²) in [5, 5.41) is 16.7. The molecular weight excluding hydrogens is 176 g/mol. The van der Waals surface area contributed by atoms with Crippen molar-refractivity contribution < 1.29 is 10.2 Å². The van der Waals surface area contributed by atoms with Crippen LogP contribution in [0.4, 0.5) is 0 Å². The summed E-state index contributed by atoms with van der Waals surface area (Å²) >= 11 is 0. The topological polar surface area (TPSA) is 40.5 Å². The highest BCUT2D eigenvalue weighted by molar-refractivity contribution is 4.51. The molecule has 0 heterocycles. The van der Waals surface area contributed by atoms with Crippen LogP contribution in [0.3, 0.4) is 0 Å². The molecule has 14 heavy (non-hydrogen) atoms. The highest BCUT2D eigenvalue weighted by Gasteiger charge is 1.95. The summed E-state index contributed by atoms with van der Waals surface area (Å²) in [6.07, 6.45) is 11.6. The quantitative estimate of drug-likeness (QED) is 0.543. The maximum absolute atomic E-state index is 8.33. The van der Waals surface area contributed by atoms with Crippen LogP contribution >= 0.6 is 0 Å². The van der Waals surface area contributed by atoms with E-state index in [1.807, 2.05) is 0 Å². The molecule has 0 aromatic rings. The fourth-order valence-corrected chi connectivity index (χ4v) is 1.64. The molecule has 0 atom stereocenters. The van der Waals surface area contributed by atoms with Crippen LogP contribution in [0, 0.1) is 0 Å². The minimum absolute atomic E-state index is 0.522. The number of rotatable bonds is 4. The average Bonchev–Trinajstić information content (AvgIpc) is 2.21. The molecule has 2 N–H and O–H groups in total. The Labute approximate surface area is 88.3 Å². The number of aliphatic hydroxyl groups excluding tert-OH is 1. The highest BCUT2D eigenvalue weighted by Crippen LogP contribution is 2.15. The van der Waals surface area contributed by atoms with Crippen LogP contribution in [-0.4, -0.2) is 16.5 Å². The van der Waals surface area contributed by atoms with Crippen molar-refractivity contribution in [3.05, 3.63) is 0 Å². The summed E-state index contributed by atoms with van der Waals surface area (Å²) in [6, 6.07) is 0. The molecule has 1 aliphatic rings. The molecule has 2 heteroatoms. The van der Waals surface area contributed by atoms with Gasteiger partial charge < -0.3 is 10.2 Å². The fourth-order valence-electron chi connectivity index (χ4n) is 1.64. The predicted octanol–water partition coefficient (Wildman–Crippen LogP) is 3.22. The van der Waals surface area contributed by atoms with Crippen LogP contribution in [0.5, 0.6) is 0 Å². The summed E-state index contributed by atoms with van der Waals surface area (Å²) in [7, 11) is 0. The van der Waals surface area contributed by atoms with Gasteiger partial charge in [-0.05, 0) is 12.8 Å². The molecule has 1 rings (SSSR count). The monoisotopic (exact) mass is 202 g/mol. The van der Waals surface area contributed by atoms with Crippen LogP contribution in [0.25, 0.3) is 0 Å². The predicted molar refractivity (Wildman–Crippen MR) is 60.1 cm³/mol. The molecule has 0 spiro atoms. The summed E-state index contributed by atoms with van der Waals surface area (Å²) in [5.74, 6) is 0. The molecule has 0 aliphatic heterocycles. The molecule has 0 unspecified atom stereocenters. The van der Waals surface area contributed by atoms with E-state index in [0.717, 1.165) is 19.3 Å². The molecular formula is C12H26O2. The molecule has 1 aliphatic carbocycles. The standard InChI is InChI=1S/C6H14O2.C6H12/c1-2-3-4-5-6(7)8;1-2-4-6-5-3-1/h6-8H,2-5H2,1H3;1-6H2. The van der Waals surface area contributed by atoms with Crippen molar-refractivity contribution in [3.63, 3.8) is 0 Å². The first-order valence-corrected chi connectivity index (χ1v) is 6.13. The van der Waals surface area contributed by atoms with Crippen LogP contribution in [0.15, 0.2) is 0 Å². The Bertz CT molecular complexity index is 87.0. The van der Waals surface area contributed by atoms with Crippen LogP contribution < -0.4 is 0 Å². The number of unbranched alkanes of at least 4 members (excludes halogenated alkanes) is 2. The Balaban J connectivity index is 0.000000249. The van der Waals surface area contributed by atoms with Crippen molar-refractivity contribution in [1.29, 1.82) is 0 Å². The Morgan fingerprint density at radius 2 is 1.29 bits per heavy atom. The maximum atomic E-state index is 8.33. The van der Waals surface area contributed by atoms with E-state index in [-0.39, 0.29) is 0 Å². The SMILES string of the molecule is C1CCCCC1.CCCCCC(O)O. The van der Waals surface area contributed by atoms with E-state index < -0.39 is 6.29 Å². The number of aliphatic hydroxyl groups is 2. The molecule has 0 bridgehead atoms. The zero-order valence-electron chi connectivity index (χ0n) is 9.54. The number of hydrogen-bond acceptors (Lipinski definition) is 2. The highest BCUT2D eigenvalue weighted by atomic mass is 16.5.